The number of nitrogens with zero attached hydrogens (tertiary/aromatic N) is 2. The van der Waals surface area contributed by atoms with Crippen LogP contribution in [0.4, 0.5) is 34.1 Å². The van der Waals surface area contributed by atoms with Crippen LogP contribution in [0.1, 0.15) is 0 Å². The van der Waals surface area contributed by atoms with Crippen molar-refractivity contribution in [3.63, 3.8) is 0 Å². The highest BCUT2D eigenvalue weighted by Crippen LogP contribution is 2.52. The van der Waals surface area contributed by atoms with Crippen LogP contribution in [0.25, 0.3) is 43.8 Å². The van der Waals surface area contributed by atoms with E-state index in [4.69, 9.17) is 4.42 Å². The van der Waals surface area contributed by atoms with E-state index in [9.17, 15) is 0 Å². The van der Waals surface area contributed by atoms with Crippen LogP contribution in [-0.4, -0.2) is 0 Å². The van der Waals surface area contributed by atoms with Gasteiger partial charge in [-0.05, 0) is 71.6 Å². The molecule has 3 heteroatoms. The molecule has 0 N–H and O–H groups in total. The van der Waals surface area contributed by atoms with Gasteiger partial charge in [0.2, 0.25) is 0 Å². The summed E-state index contributed by atoms with van der Waals surface area (Å²) in [7, 11) is 0. The second kappa shape index (κ2) is 12.2. The molecule has 49 heavy (non-hydrogen) atoms. The maximum atomic E-state index is 7.13. The topological polar surface area (TPSA) is 19.6 Å². The molecule has 0 radical (unpaired) electrons. The molecule has 9 aromatic rings. The number of furan rings is 1. The third-order valence-electron chi connectivity index (χ3n) is 9.22. The first-order chi connectivity index (χ1) is 24.3. The zero-order chi connectivity index (χ0) is 32.6. The lowest BCUT2D eigenvalue weighted by atomic mass is 10.0. The molecule has 0 aliphatic carbocycles. The first kappa shape index (κ1) is 28.6. The summed E-state index contributed by atoms with van der Waals surface area (Å²) in [6.45, 7) is 0. The first-order valence-corrected chi connectivity index (χ1v) is 16.6. The lowest BCUT2D eigenvalue weighted by molar-refractivity contribution is 0.673. The third-order valence-corrected chi connectivity index (χ3v) is 9.22. The third kappa shape index (κ3) is 5.00. The van der Waals surface area contributed by atoms with E-state index in [0.29, 0.717) is 0 Å². The van der Waals surface area contributed by atoms with Crippen LogP contribution in [0.15, 0.2) is 199 Å². The van der Waals surface area contributed by atoms with Gasteiger partial charge >= 0.3 is 0 Å². The molecule has 0 saturated carbocycles. The molecule has 0 spiro atoms. The largest absolute Gasteiger partial charge is 0.453 e. The molecule has 0 fully saturated rings. The van der Waals surface area contributed by atoms with E-state index in [1.54, 1.807) is 0 Å². The molecule has 0 saturated heterocycles. The van der Waals surface area contributed by atoms with E-state index in [1.807, 2.05) is 0 Å². The zero-order valence-electron chi connectivity index (χ0n) is 26.8. The van der Waals surface area contributed by atoms with Crippen LogP contribution >= 0.6 is 0 Å². The highest BCUT2D eigenvalue weighted by Gasteiger charge is 2.28. The van der Waals surface area contributed by atoms with Crippen molar-refractivity contribution in [2.24, 2.45) is 0 Å². The number of rotatable bonds is 7. The average Bonchev–Trinajstić information content (AvgIpc) is 3.57. The number of hydrogen-bond acceptors (Lipinski definition) is 3. The van der Waals surface area contributed by atoms with Crippen molar-refractivity contribution >= 4 is 66.8 Å². The summed E-state index contributed by atoms with van der Waals surface area (Å²) in [6.07, 6.45) is 0. The summed E-state index contributed by atoms with van der Waals surface area (Å²) < 4.78 is 7.13. The summed E-state index contributed by atoms with van der Waals surface area (Å²) in [5.74, 6) is 0. The standard InChI is InChI=1S/C46H32N2O/c1-5-17-33(18-6-1)38-26-15-16-28-42(38)48(37-24-11-4-12-25-37)43-32-31-41-40-30-29-34-19-13-14-27-39(34)45(40)49-46(41)44(43)47(35-20-7-2-8-21-35)36-22-9-3-10-23-36/h1-32H. The van der Waals surface area contributed by atoms with Gasteiger partial charge < -0.3 is 14.2 Å². The highest BCUT2D eigenvalue weighted by molar-refractivity contribution is 6.19. The van der Waals surface area contributed by atoms with Crippen molar-refractivity contribution < 1.29 is 4.42 Å². The monoisotopic (exact) mass is 628 g/mol. The highest BCUT2D eigenvalue weighted by atomic mass is 16.3. The predicted octanol–water partition coefficient (Wildman–Crippen LogP) is 13.3. The molecule has 0 amide bonds. The Morgan fingerprint density at radius 2 is 0.837 bits per heavy atom. The Bertz CT molecular complexity index is 2500. The summed E-state index contributed by atoms with van der Waals surface area (Å²) in [5, 5.41) is 4.42. The molecule has 232 valence electrons. The van der Waals surface area contributed by atoms with Gasteiger partial charge in [0.05, 0.1) is 11.4 Å². The van der Waals surface area contributed by atoms with Gasteiger partial charge in [0.25, 0.3) is 0 Å². The molecule has 0 aliphatic rings. The van der Waals surface area contributed by atoms with Crippen LogP contribution in [0.2, 0.25) is 0 Å². The SMILES string of the molecule is c1ccc(-c2ccccc2N(c2ccccc2)c2ccc3c(oc4c5ccccc5ccc34)c2N(c2ccccc2)c2ccccc2)cc1. The average molecular weight is 629 g/mol. The molecule has 1 heterocycles. The van der Waals surface area contributed by atoms with E-state index >= 15 is 0 Å². The lowest BCUT2D eigenvalue weighted by Crippen LogP contribution is -2.17. The number of para-hydroxylation sites is 4. The fraction of sp³-hybridized carbons (Fsp3) is 0. The molecule has 8 aromatic carbocycles. The Morgan fingerprint density at radius 1 is 0.327 bits per heavy atom. The Hall–Kier alpha value is -6.58. The van der Waals surface area contributed by atoms with Crippen molar-refractivity contribution in [3.8, 4) is 11.1 Å². The van der Waals surface area contributed by atoms with E-state index < -0.39 is 0 Å². The lowest BCUT2D eigenvalue weighted by Gasteiger charge is -2.34. The second-order valence-corrected chi connectivity index (χ2v) is 12.1. The minimum Gasteiger partial charge on any atom is -0.453 e. The van der Waals surface area contributed by atoms with Gasteiger partial charge in [0.1, 0.15) is 11.3 Å². The summed E-state index contributed by atoms with van der Waals surface area (Å²) in [5.41, 5.74) is 10.2. The fourth-order valence-electron chi connectivity index (χ4n) is 7.02. The maximum Gasteiger partial charge on any atom is 0.161 e. The normalized spacial score (nSPS) is 11.3. The molecule has 3 nitrogen and oxygen atoms in total. The summed E-state index contributed by atoms with van der Waals surface area (Å²) >= 11 is 0. The Morgan fingerprint density at radius 3 is 1.51 bits per heavy atom. The summed E-state index contributed by atoms with van der Waals surface area (Å²) in [4.78, 5) is 4.71. The van der Waals surface area contributed by atoms with Crippen LogP contribution in [0, 0.1) is 0 Å². The Kier molecular flexibility index (Phi) is 7.14. The Balaban J connectivity index is 1.43. The van der Waals surface area contributed by atoms with Crippen LogP contribution < -0.4 is 9.80 Å². The number of benzene rings is 8. The molecule has 0 atom stereocenters. The molecule has 0 unspecified atom stereocenters. The van der Waals surface area contributed by atoms with Gasteiger partial charge in [-0.2, -0.15) is 0 Å². The van der Waals surface area contributed by atoms with Crippen molar-refractivity contribution in [1.82, 2.24) is 0 Å². The quantitative estimate of drug-likeness (QED) is 0.175. The van der Waals surface area contributed by atoms with Crippen molar-refractivity contribution in [3.05, 3.63) is 194 Å². The van der Waals surface area contributed by atoms with Gasteiger partial charge in [0.15, 0.2) is 5.58 Å². The molecule has 9 rings (SSSR count). The fourth-order valence-corrected chi connectivity index (χ4v) is 7.02. The van der Waals surface area contributed by atoms with Crippen molar-refractivity contribution in [1.29, 1.82) is 0 Å². The van der Waals surface area contributed by atoms with Crippen molar-refractivity contribution in [2.75, 3.05) is 9.80 Å². The molecule has 1 aromatic heterocycles. The number of hydrogen-bond donors (Lipinski definition) is 0. The number of fused-ring (bicyclic) bond motifs is 5. The summed E-state index contributed by atoms with van der Waals surface area (Å²) in [6, 6.07) is 68.4. The smallest absolute Gasteiger partial charge is 0.161 e. The maximum absolute atomic E-state index is 7.13. The first-order valence-electron chi connectivity index (χ1n) is 16.6. The minimum atomic E-state index is 0.828. The molecular weight excluding hydrogens is 597 g/mol. The molecular formula is C46H32N2O. The van der Waals surface area contributed by atoms with E-state index in [-0.39, 0.29) is 0 Å². The van der Waals surface area contributed by atoms with Gasteiger partial charge in [0, 0.05) is 38.8 Å². The van der Waals surface area contributed by atoms with Gasteiger partial charge in [-0.1, -0.05) is 133 Å². The molecule has 0 bridgehead atoms. The van der Waals surface area contributed by atoms with E-state index in [1.165, 1.54) is 0 Å². The predicted molar refractivity (Wildman–Crippen MR) is 206 cm³/mol. The molecule has 0 aliphatic heterocycles. The van der Waals surface area contributed by atoms with Crippen LogP contribution in [-0.2, 0) is 0 Å². The van der Waals surface area contributed by atoms with Gasteiger partial charge in [-0.25, -0.2) is 0 Å². The second-order valence-electron chi connectivity index (χ2n) is 12.1. The van der Waals surface area contributed by atoms with E-state index in [2.05, 4.69) is 204 Å². The van der Waals surface area contributed by atoms with Crippen LogP contribution in [0.5, 0.6) is 0 Å². The van der Waals surface area contributed by atoms with Crippen molar-refractivity contribution in [2.45, 2.75) is 0 Å². The van der Waals surface area contributed by atoms with Gasteiger partial charge in [-0.3, -0.25) is 0 Å². The number of anilines is 6. The van der Waals surface area contributed by atoms with E-state index in [0.717, 1.165) is 78.0 Å². The Labute approximate surface area is 285 Å². The zero-order valence-corrected chi connectivity index (χ0v) is 26.8. The van der Waals surface area contributed by atoms with Crippen LogP contribution in [0.3, 0.4) is 0 Å². The minimum absolute atomic E-state index is 0.828. The van der Waals surface area contributed by atoms with Gasteiger partial charge in [-0.15, -0.1) is 0 Å².